The highest BCUT2D eigenvalue weighted by Crippen LogP contribution is 2.29. The number of benzene rings is 1. The zero-order valence-corrected chi connectivity index (χ0v) is 22.1. The quantitative estimate of drug-likeness (QED) is 0.129. The number of unbranched alkanes of at least 4 members (excludes halogenated alkanes) is 4. The van der Waals surface area contributed by atoms with Gasteiger partial charge >= 0.3 is 5.97 Å². The fraction of sp³-hybridized carbons (Fsp3) is 0.607. The molecule has 0 unspecified atom stereocenters. The van der Waals surface area contributed by atoms with Gasteiger partial charge in [-0.1, -0.05) is 37.8 Å². The van der Waals surface area contributed by atoms with E-state index >= 15 is 0 Å². The summed E-state index contributed by atoms with van der Waals surface area (Å²) < 4.78 is 7.64. The van der Waals surface area contributed by atoms with Crippen LogP contribution in [0.1, 0.15) is 89.1 Å². The van der Waals surface area contributed by atoms with Crippen molar-refractivity contribution in [2.75, 3.05) is 26.3 Å². The van der Waals surface area contributed by atoms with Gasteiger partial charge in [0.05, 0.1) is 24.5 Å². The highest BCUT2D eigenvalue weighted by molar-refractivity contribution is 6.13. The lowest BCUT2D eigenvalue weighted by Crippen LogP contribution is -2.54. The van der Waals surface area contributed by atoms with Crippen LogP contribution in [0.3, 0.4) is 0 Å². The molecule has 0 bridgehead atoms. The Bertz CT molecular complexity index is 1050. The highest BCUT2D eigenvalue weighted by atomic mass is 16.7. The van der Waals surface area contributed by atoms with Crippen molar-refractivity contribution in [2.45, 2.75) is 85.2 Å². The number of hydrogen-bond acceptors (Lipinski definition) is 6. The molecule has 0 saturated carbocycles. The molecule has 0 N–H and O–H groups in total. The third-order valence-corrected chi connectivity index (χ3v) is 6.95. The zero-order valence-electron chi connectivity index (χ0n) is 22.1. The first-order valence-electron chi connectivity index (χ1n) is 13.0. The molecule has 1 fully saturated rings. The van der Waals surface area contributed by atoms with Crippen molar-refractivity contribution in [3.05, 3.63) is 35.5 Å². The Morgan fingerprint density at radius 2 is 1.80 bits per heavy atom. The summed E-state index contributed by atoms with van der Waals surface area (Å²) in [6.07, 6.45) is 8.46. The van der Waals surface area contributed by atoms with Gasteiger partial charge in [-0.3, -0.25) is 9.69 Å². The second kappa shape index (κ2) is 12.5. The molecule has 1 aliphatic heterocycles. The maximum Gasteiger partial charge on any atom is 0.331 e. The first kappa shape index (κ1) is 27.1. The van der Waals surface area contributed by atoms with Gasteiger partial charge in [-0.25, -0.2) is 4.79 Å². The molecule has 35 heavy (non-hydrogen) atoms. The number of oxime groups is 1. The maximum absolute atomic E-state index is 13.7. The van der Waals surface area contributed by atoms with E-state index in [4.69, 9.17) is 9.57 Å². The number of aromatic nitrogens is 1. The molecule has 7 heteroatoms. The van der Waals surface area contributed by atoms with Crippen molar-refractivity contribution in [1.82, 2.24) is 9.47 Å². The fourth-order valence-electron chi connectivity index (χ4n) is 4.79. The summed E-state index contributed by atoms with van der Waals surface area (Å²) in [4.78, 5) is 32.5. The van der Waals surface area contributed by atoms with Crippen molar-refractivity contribution in [3.63, 3.8) is 0 Å². The molecule has 2 aromatic rings. The van der Waals surface area contributed by atoms with E-state index in [0.29, 0.717) is 18.8 Å². The summed E-state index contributed by atoms with van der Waals surface area (Å²) in [5.41, 5.74) is 2.78. The Hall–Kier alpha value is -2.51. The molecule has 7 nitrogen and oxygen atoms in total. The second-order valence-electron chi connectivity index (χ2n) is 9.83. The van der Waals surface area contributed by atoms with Crippen LogP contribution in [-0.4, -0.2) is 58.8 Å². The number of aryl methyl sites for hydroxylation is 1. The van der Waals surface area contributed by atoms with E-state index in [-0.39, 0.29) is 5.78 Å². The topological polar surface area (TPSA) is 73.1 Å². The van der Waals surface area contributed by atoms with Crippen LogP contribution in [0.4, 0.5) is 0 Å². The standard InChI is InChI=1S/C28H41N3O4/c1-6-8-9-10-11-12-25(29-35-21(3)32)24-20-30(7-2)26-14-13-22(19-23(24)26)27(33)28(4,5)31-15-17-34-18-16-31/h13-14,19-20H,6-12,15-18H2,1-5H3/b29-25+. The number of morpholine rings is 1. The van der Waals surface area contributed by atoms with Crippen LogP contribution >= 0.6 is 0 Å². The summed E-state index contributed by atoms with van der Waals surface area (Å²) in [7, 11) is 0. The summed E-state index contributed by atoms with van der Waals surface area (Å²) >= 11 is 0. The van der Waals surface area contributed by atoms with E-state index < -0.39 is 11.5 Å². The maximum atomic E-state index is 13.7. The molecule has 0 radical (unpaired) electrons. The summed E-state index contributed by atoms with van der Waals surface area (Å²) in [5.74, 6) is -0.342. The van der Waals surface area contributed by atoms with E-state index in [0.717, 1.165) is 61.1 Å². The van der Waals surface area contributed by atoms with Crippen LogP contribution in [0.15, 0.2) is 29.6 Å². The van der Waals surface area contributed by atoms with Gasteiger partial charge in [-0.05, 0) is 51.8 Å². The van der Waals surface area contributed by atoms with Gasteiger partial charge in [0.1, 0.15) is 0 Å². The minimum absolute atomic E-state index is 0.0922. The van der Waals surface area contributed by atoms with Crippen molar-refractivity contribution in [1.29, 1.82) is 0 Å². The fourth-order valence-corrected chi connectivity index (χ4v) is 4.79. The second-order valence-corrected chi connectivity index (χ2v) is 9.83. The molecule has 0 spiro atoms. The van der Waals surface area contributed by atoms with Crippen LogP contribution in [0.5, 0.6) is 0 Å². The average Bonchev–Trinajstić information content (AvgIpc) is 3.23. The zero-order chi connectivity index (χ0) is 25.4. The number of nitrogens with zero attached hydrogens (tertiary/aromatic N) is 3. The molecule has 1 saturated heterocycles. The number of ether oxygens (including phenoxy) is 1. The Morgan fingerprint density at radius 3 is 2.46 bits per heavy atom. The Morgan fingerprint density at radius 1 is 1.09 bits per heavy atom. The van der Waals surface area contributed by atoms with Crippen molar-refractivity contribution in [3.8, 4) is 0 Å². The van der Waals surface area contributed by atoms with Crippen LogP contribution in [-0.2, 0) is 20.9 Å². The molecule has 1 aromatic carbocycles. The summed E-state index contributed by atoms with van der Waals surface area (Å²) in [6.45, 7) is 13.2. The van der Waals surface area contributed by atoms with Gasteiger partial charge in [0.15, 0.2) is 5.78 Å². The monoisotopic (exact) mass is 483 g/mol. The number of fused-ring (bicyclic) bond motifs is 1. The Labute approximate surface area is 209 Å². The molecular weight excluding hydrogens is 442 g/mol. The predicted molar refractivity (Wildman–Crippen MR) is 140 cm³/mol. The van der Waals surface area contributed by atoms with Gasteiger partial charge in [0.2, 0.25) is 0 Å². The minimum Gasteiger partial charge on any atom is -0.379 e. The normalized spacial score (nSPS) is 15.5. The van der Waals surface area contributed by atoms with E-state index in [9.17, 15) is 9.59 Å². The van der Waals surface area contributed by atoms with Crippen LogP contribution < -0.4 is 0 Å². The number of Topliss-reactive ketones (excluding diaryl/α,β-unsaturated/α-hetero) is 1. The number of carbonyl (C=O) groups excluding carboxylic acids is 2. The lowest BCUT2D eigenvalue weighted by Gasteiger charge is -2.39. The van der Waals surface area contributed by atoms with Crippen LogP contribution in [0, 0.1) is 0 Å². The van der Waals surface area contributed by atoms with Gasteiger partial charge in [0, 0.05) is 54.8 Å². The van der Waals surface area contributed by atoms with Gasteiger partial charge < -0.3 is 14.1 Å². The van der Waals surface area contributed by atoms with Gasteiger partial charge in [-0.15, -0.1) is 0 Å². The molecule has 192 valence electrons. The van der Waals surface area contributed by atoms with E-state index in [1.807, 2.05) is 32.0 Å². The minimum atomic E-state index is -0.626. The largest absolute Gasteiger partial charge is 0.379 e. The summed E-state index contributed by atoms with van der Waals surface area (Å²) in [6, 6.07) is 5.94. The van der Waals surface area contributed by atoms with Crippen molar-refractivity contribution < 1.29 is 19.2 Å². The molecule has 0 atom stereocenters. The molecule has 0 aliphatic carbocycles. The predicted octanol–water partition coefficient (Wildman–Crippen LogP) is 5.58. The molecule has 1 aliphatic rings. The van der Waals surface area contributed by atoms with E-state index in [1.54, 1.807) is 0 Å². The molecule has 2 heterocycles. The lowest BCUT2D eigenvalue weighted by atomic mass is 9.89. The first-order chi connectivity index (χ1) is 16.8. The van der Waals surface area contributed by atoms with E-state index in [2.05, 4.69) is 34.7 Å². The van der Waals surface area contributed by atoms with Crippen molar-refractivity contribution in [2.24, 2.45) is 5.16 Å². The van der Waals surface area contributed by atoms with Gasteiger partial charge in [-0.2, -0.15) is 0 Å². The van der Waals surface area contributed by atoms with E-state index in [1.165, 1.54) is 26.2 Å². The molecule has 3 rings (SSSR count). The smallest absolute Gasteiger partial charge is 0.331 e. The number of hydrogen-bond donors (Lipinski definition) is 0. The van der Waals surface area contributed by atoms with Crippen LogP contribution in [0.2, 0.25) is 0 Å². The Balaban J connectivity index is 1.97. The molecule has 1 aromatic heterocycles. The Kier molecular flexibility index (Phi) is 9.63. The SMILES string of the molecule is CCCCCCC/C(=N\OC(C)=O)c1cn(CC)c2ccc(C(=O)C(C)(C)N3CCOCC3)cc12. The van der Waals surface area contributed by atoms with Gasteiger partial charge in [0.25, 0.3) is 0 Å². The third-order valence-electron chi connectivity index (χ3n) is 6.95. The lowest BCUT2D eigenvalue weighted by molar-refractivity contribution is -0.140. The number of rotatable bonds is 12. The average molecular weight is 484 g/mol. The highest BCUT2D eigenvalue weighted by Gasteiger charge is 2.36. The summed E-state index contributed by atoms with van der Waals surface area (Å²) in [5, 5.41) is 5.22. The number of carbonyl (C=O) groups is 2. The molecular formula is C28H41N3O4. The van der Waals surface area contributed by atoms with Crippen LogP contribution in [0.25, 0.3) is 10.9 Å². The first-order valence-corrected chi connectivity index (χ1v) is 13.0. The van der Waals surface area contributed by atoms with Crippen molar-refractivity contribution >= 4 is 28.4 Å². The molecule has 0 amide bonds. The number of ketones is 1. The third kappa shape index (κ3) is 6.58.